The predicted molar refractivity (Wildman–Crippen MR) is 133 cm³/mol. The monoisotopic (exact) mass is 499 g/mol. The first-order valence-electron chi connectivity index (χ1n) is 11.7. The molecule has 35 heavy (non-hydrogen) atoms. The number of hydrogen-bond donors (Lipinski definition) is 2. The van der Waals surface area contributed by atoms with Crippen LogP contribution < -0.4 is 19.7 Å². The molecule has 0 aromatic carbocycles. The summed E-state index contributed by atoms with van der Waals surface area (Å²) in [4.78, 5) is 19.9. The summed E-state index contributed by atoms with van der Waals surface area (Å²) in [5, 5.41) is 4.11. The van der Waals surface area contributed by atoms with Crippen molar-refractivity contribution in [1.82, 2.24) is 19.9 Å². The van der Waals surface area contributed by atoms with Gasteiger partial charge in [0.2, 0.25) is 15.9 Å². The van der Waals surface area contributed by atoms with Crippen LogP contribution in [0.25, 0.3) is 10.9 Å². The maximum absolute atomic E-state index is 11.7. The number of nitrogens with zero attached hydrogens (tertiary/aromatic N) is 5. The minimum absolute atomic E-state index is 0.00271. The lowest BCUT2D eigenvalue weighted by Gasteiger charge is -2.31. The molecule has 1 aliphatic carbocycles. The lowest BCUT2D eigenvalue weighted by molar-refractivity contribution is 0.122. The van der Waals surface area contributed by atoms with Gasteiger partial charge in [-0.1, -0.05) is 0 Å². The zero-order chi connectivity index (χ0) is 24.3. The molecular formula is C23H29N7O4S. The lowest BCUT2D eigenvalue weighted by Crippen LogP contribution is -2.37. The van der Waals surface area contributed by atoms with Crippen molar-refractivity contribution in [2.75, 3.05) is 47.5 Å². The molecule has 0 radical (unpaired) electrons. The third-order valence-corrected chi connectivity index (χ3v) is 6.74. The van der Waals surface area contributed by atoms with Gasteiger partial charge in [-0.15, -0.1) is 0 Å². The topological polar surface area (TPSA) is 131 Å². The SMILES string of the molecule is CS(=O)(=O)Nc1cnc2cc(N3CCOCC3)nc(OC3CCC(Nc4cnccn4)CC3)c2c1. The summed E-state index contributed by atoms with van der Waals surface area (Å²) in [5.74, 6) is 2.03. The van der Waals surface area contributed by atoms with E-state index in [4.69, 9.17) is 14.5 Å². The van der Waals surface area contributed by atoms with Gasteiger partial charge >= 0.3 is 0 Å². The van der Waals surface area contributed by atoms with Crippen LogP contribution in [0.15, 0.2) is 36.9 Å². The van der Waals surface area contributed by atoms with E-state index in [1.807, 2.05) is 6.07 Å². The lowest BCUT2D eigenvalue weighted by atomic mass is 9.93. The zero-order valence-electron chi connectivity index (χ0n) is 19.6. The third kappa shape index (κ3) is 6.06. The quantitative estimate of drug-likeness (QED) is 0.499. The van der Waals surface area contributed by atoms with Gasteiger partial charge in [0.05, 0.1) is 48.5 Å². The summed E-state index contributed by atoms with van der Waals surface area (Å²) in [6.07, 6.45) is 11.3. The fraction of sp³-hybridized carbons (Fsp3) is 0.478. The molecule has 0 atom stereocenters. The molecule has 186 valence electrons. The number of anilines is 3. The van der Waals surface area contributed by atoms with Crippen molar-refractivity contribution in [2.45, 2.75) is 37.8 Å². The molecule has 5 rings (SSSR count). The summed E-state index contributed by atoms with van der Waals surface area (Å²) in [7, 11) is -3.43. The van der Waals surface area contributed by atoms with Gasteiger partial charge in [0.1, 0.15) is 17.7 Å². The Bertz CT molecular complexity index is 1260. The van der Waals surface area contributed by atoms with Gasteiger partial charge in [0.15, 0.2) is 0 Å². The first-order valence-corrected chi connectivity index (χ1v) is 13.6. The second kappa shape index (κ2) is 10.2. The number of rotatable bonds is 7. The van der Waals surface area contributed by atoms with Gasteiger partial charge in [-0.3, -0.25) is 14.7 Å². The van der Waals surface area contributed by atoms with Crippen molar-refractivity contribution < 1.29 is 17.9 Å². The van der Waals surface area contributed by atoms with E-state index in [-0.39, 0.29) is 6.10 Å². The van der Waals surface area contributed by atoms with Crippen molar-refractivity contribution in [2.24, 2.45) is 0 Å². The largest absolute Gasteiger partial charge is 0.474 e. The van der Waals surface area contributed by atoms with Crippen LogP contribution in [0.1, 0.15) is 25.7 Å². The average Bonchev–Trinajstić information content (AvgIpc) is 2.85. The molecule has 2 fully saturated rings. The average molecular weight is 500 g/mol. The van der Waals surface area contributed by atoms with Crippen LogP contribution in [0.4, 0.5) is 17.3 Å². The fourth-order valence-corrected chi connectivity index (χ4v) is 5.00. The zero-order valence-corrected chi connectivity index (χ0v) is 20.4. The number of fused-ring (bicyclic) bond motifs is 1. The van der Waals surface area contributed by atoms with E-state index in [1.54, 1.807) is 24.7 Å². The molecule has 1 aliphatic heterocycles. The molecule has 1 saturated carbocycles. The maximum atomic E-state index is 11.7. The molecule has 1 saturated heterocycles. The second-order valence-electron chi connectivity index (χ2n) is 8.88. The van der Waals surface area contributed by atoms with Crippen LogP contribution in [0, 0.1) is 0 Å². The Labute approximate surface area is 204 Å². The normalized spacial score (nSPS) is 21.0. The van der Waals surface area contributed by atoms with Crippen LogP contribution in [-0.2, 0) is 14.8 Å². The number of hydrogen-bond acceptors (Lipinski definition) is 10. The van der Waals surface area contributed by atoms with Crippen molar-refractivity contribution in [3.05, 3.63) is 36.9 Å². The summed E-state index contributed by atoms with van der Waals surface area (Å²) in [6.45, 7) is 2.77. The number of pyridine rings is 2. The number of sulfonamides is 1. The molecule has 3 aromatic heterocycles. The van der Waals surface area contributed by atoms with Gasteiger partial charge < -0.3 is 19.7 Å². The van der Waals surface area contributed by atoms with Crippen LogP contribution in [0.5, 0.6) is 5.88 Å². The molecule has 0 bridgehead atoms. The Morgan fingerprint density at radius 3 is 2.57 bits per heavy atom. The van der Waals surface area contributed by atoms with E-state index in [1.165, 1.54) is 6.20 Å². The number of morpholine rings is 1. The van der Waals surface area contributed by atoms with Crippen molar-refractivity contribution in [1.29, 1.82) is 0 Å². The molecule has 11 nitrogen and oxygen atoms in total. The highest BCUT2D eigenvalue weighted by atomic mass is 32.2. The highest BCUT2D eigenvalue weighted by molar-refractivity contribution is 7.92. The van der Waals surface area contributed by atoms with Gasteiger partial charge in [-0.2, -0.15) is 4.98 Å². The fourth-order valence-electron chi connectivity index (χ4n) is 4.46. The second-order valence-corrected chi connectivity index (χ2v) is 10.6. The first kappa shape index (κ1) is 23.5. The smallest absolute Gasteiger partial charge is 0.229 e. The number of aromatic nitrogens is 4. The van der Waals surface area contributed by atoms with E-state index < -0.39 is 10.0 Å². The summed E-state index contributed by atoms with van der Waals surface area (Å²) >= 11 is 0. The first-order chi connectivity index (χ1) is 16.9. The van der Waals surface area contributed by atoms with E-state index in [0.717, 1.165) is 56.7 Å². The van der Waals surface area contributed by atoms with Crippen molar-refractivity contribution in [3.8, 4) is 5.88 Å². The molecule has 4 heterocycles. The number of nitrogens with one attached hydrogen (secondary N) is 2. The van der Waals surface area contributed by atoms with E-state index in [9.17, 15) is 8.42 Å². The van der Waals surface area contributed by atoms with E-state index in [0.29, 0.717) is 41.7 Å². The van der Waals surface area contributed by atoms with Gasteiger partial charge in [-0.05, 0) is 31.7 Å². The molecule has 0 unspecified atom stereocenters. The Balaban J connectivity index is 1.37. The third-order valence-electron chi connectivity index (χ3n) is 6.14. The van der Waals surface area contributed by atoms with E-state index in [2.05, 4.69) is 29.9 Å². The van der Waals surface area contributed by atoms with Crippen LogP contribution in [-0.4, -0.2) is 73.1 Å². The Morgan fingerprint density at radius 2 is 1.86 bits per heavy atom. The Kier molecular flexibility index (Phi) is 6.82. The van der Waals surface area contributed by atoms with Gasteiger partial charge in [0, 0.05) is 37.6 Å². The molecule has 0 spiro atoms. The standard InChI is InChI=1S/C23H29N7O4S/c1-35(31,32)29-17-12-19-20(26-14-17)13-22(30-8-10-33-11-9-30)28-23(19)34-18-4-2-16(3-5-18)27-21-15-24-6-7-25-21/h6-7,12-16,18,29H,2-5,8-11H2,1H3,(H,25,27). The maximum Gasteiger partial charge on any atom is 0.229 e. The van der Waals surface area contributed by atoms with Crippen molar-refractivity contribution in [3.63, 3.8) is 0 Å². The molecule has 2 aliphatic rings. The van der Waals surface area contributed by atoms with Crippen molar-refractivity contribution >= 4 is 38.2 Å². The van der Waals surface area contributed by atoms with Gasteiger partial charge in [0.25, 0.3) is 0 Å². The summed E-state index contributed by atoms with van der Waals surface area (Å²) in [5.41, 5.74) is 1.08. The minimum atomic E-state index is -3.43. The van der Waals surface area contributed by atoms with Crippen LogP contribution in [0.2, 0.25) is 0 Å². The molecule has 12 heteroatoms. The van der Waals surface area contributed by atoms with Crippen LogP contribution >= 0.6 is 0 Å². The van der Waals surface area contributed by atoms with Gasteiger partial charge in [-0.25, -0.2) is 13.4 Å². The Hall–Kier alpha value is -3.25. The van der Waals surface area contributed by atoms with E-state index >= 15 is 0 Å². The minimum Gasteiger partial charge on any atom is -0.474 e. The predicted octanol–water partition coefficient (Wildman–Crippen LogP) is 2.43. The summed E-state index contributed by atoms with van der Waals surface area (Å²) < 4.78 is 37.9. The highest BCUT2D eigenvalue weighted by Crippen LogP contribution is 2.33. The summed E-state index contributed by atoms with van der Waals surface area (Å²) in [6, 6.07) is 3.96. The Morgan fingerprint density at radius 1 is 1.06 bits per heavy atom. The molecule has 2 N–H and O–H groups in total. The van der Waals surface area contributed by atoms with Crippen LogP contribution in [0.3, 0.4) is 0 Å². The number of ether oxygens (including phenoxy) is 2. The highest BCUT2D eigenvalue weighted by Gasteiger charge is 2.25. The molecular weight excluding hydrogens is 470 g/mol. The molecule has 3 aromatic rings. The molecule has 0 amide bonds.